The van der Waals surface area contributed by atoms with Crippen LogP contribution in [0.3, 0.4) is 0 Å². The summed E-state index contributed by atoms with van der Waals surface area (Å²) in [7, 11) is 3.19. The molecule has 1 atom stereocenters. The van der Waals surface area contributed by atoms with Crippen molar-refractivity contribution in [3.8, 4) is 17.2 Å². The summed E-state index contributed by atoms with van der Waals surface area (Å²) in [6.07, 6.45) is 6.17. The Morgan fingerprint density at radius 2 is 1.63 bits per heavy atom. The van der Waals surface area contributed by atoms with E-state index in [2.05, 4.69) is 32.1 Å². The predicted molar refractivity (Wildman–Crippen MR) is 120 cm³/mol. The van der Waals surface area contributed by atoms with Crippen LogP contribution in [0.2, 0.25) is 0 Å². The Bertz CT molecular complexity index is 908. The van der Waals surface area contributed by atoms with Gasteiger partial charge >= 0.3 is 0 Å². The van der Waals surface area contributed by atoms with Crippen molar-refractivity contribution in [1.82, 2.24) is 0 Å². The Labute approximate surface area is 178 Å². The smallest absolute Gasteiger partial charge is 0.130 e. The van der Waals surface area contributed by atoms with E-state index in [1.807, 2.05) is 42.5 Å². The minimum absolute atomic E-state index is 0.0458. The van der Waals surface area contributed by atoms with Crippen LogP contribution in [-0.2, 0) is 6.54 Å². The second-order valence-corrected chi connectivity index (χ2v) is 8.04. The molecule has 2 aromatic rings. The lowest BCUT2D eigenvalue weighted by Crippen LogP contribution is -2.46. The molecular weight excluding hydrogens is 378 g/mol. The molecule has 30 heavy (non-hydrogen) atoms. The number of nitrogens with two attached hydrogens (primary N) is 1. The summed E-state index contributed by atoms with van der Waals surface area (Å²) in [5.74, 6) is 1.84. The monoisotopic (exact) mass is 409 g/mol. The average Bonchev–Trinajstić information content (AvgIpc) is 2.77. The van der Waals surface area contributed by atoms with Gasteiger partial charge in [-0.25, -0.2) is 0 Å². The maximum Gasteiger partial charge on any atom is 0.130 e. The van der Waals surface area contributed by atoms with Crippen molar-refractivity contribution >= 4 is 5.57 Å². The fourth-order valence-corrected chi connectivity index (χ4v) is 4.07. The largest absolute Gasteiger partial charge is 0.496 e. The number of methoxy groups -OCH3 is 2. The van der Waals surface area contributed by atoms with Gasteiger partial charge in [0.05, 0.1) is 26.2 Å². The summed E-state index contributed by atoms with van der Waals surface area (Å²) in [4.78, 5) is 0. The van der Waals surface area contributed by atoms with Gasteiger partial charge in [-0.1, -0.05) is 62.4 Å². The maximum absolute atomic E-state index is 10.5. The van der Waals surface area contributed by atoms with Crippen LogP contribution < -0.4 is 19.9 Å². The highest BCUT2D eigenvalue weighted by atomic mass is 16.5. The number of hydrogen-bond acceptors (Lipinski definition) is 5. The van der Waals surface area contributed by atoms with Gasteiger partial charge < -0.3 is 25.1 Å². The highest BCUT2D eigenvalue weighted by molar-refractivity contribution is 5.74. The molecule has 1 aliphatic carbocycles. The number of ether oxygens (including phenoxy) is 3. The minimum atomic E-state index is -0.597. The second-order valence-electron chi connectivity index (χ2n) is 8.04. The fourth-order valence-electron chi connectivity index (χ4n) is 4.07. The Morgan fingerprint density at radius 3 is 2.17 bits per heavy atom. The number of allylic oxidation sites excluding steroid dienone is 3. The van der Waals surface area contributed by atoms with Gasteiger partial charge in [0.2, 0.25) is 0 Å². The van der Waals surface area contributed by atoms with E-state index >= 15 is 0 Å². The Morgan fingerprint density at radius 1 is 1.00 bits per heavy atom. The summed E-state index contributed by atoms with van der Waals surface area (Å²) >= 11 is 0. The molecule has 160 valence electrons. The van der Waals surface area contributed by atoms with Crippen LogP contribution in [0.25, 0.3) is 5.57 Å². The first kappa shape index (κ1) is 21.9. The van der Waals surface area contributed by atoms with E-state index in [0.717, 1.165) is 16.7 Å². The summed E-state index contributed by atoms with van der Waals surface area (Å²) in [5, 5.41) is 10.5. The SMILES string of the molecule is COc1cc(OCC2(CO)C=CC=C(c3ccccc3)C2(C)C)cc(OC)c1CN. The number of aliphatic hydroxyl groups excluding tert-OH is 1. The first-order chi connectivity index (χ1) is 14.4. The zero-order valence-electron chi connectivity index (χ0n) is 18.1. The van der Waals surface area contributed by atoms with Crippen molar-refractivity contribution in [2.75, 3.05) is 27.4 Å². The Hall–Kier alpha value is -2.76. The van der Waals surface area contributed by atoms with Crippen LogP contribution in [0.15, 0.2) is 60.7 Å². The fraction of sp³-hybridized carbons (Fsp3) is 0.360. The van der Waals surface area contributed by atoms with E-state index in [0.29, 0.717) is 30.4 Å². The van der Waals surface area contributed by atoms with Gasteiger partial charge in [0, 0.05) is 29.7 Å². The van der Waals surface area contributed by atoms with Gasteiger partial charge in [-0.05, 0) is 11.1 Å². The number of benzene rings is 2. The van der Waals surface area contributed by atoms with Crippen LogP contribution in [0.4, 0.5) is 0 Å². The molecule has 0 spiro atoms. The number of aliphatic hydroxyl groups is 1. The third kappa shape index (κ3) is 3.83. The zero-order valence-corrected chi connectivity index (χ0v) is 18.1. The van der Waals surface area contributed by atoms with Crippen LogP contribution in [-0.4, -0.2) is 32.5 Å². The first-order valence-electron chi connectivity index (χ1n) is 10.1. The summed E-state index contributed by atoms with van der Waals surface area (Å²) in [6, 6.07) is 13.9. The van der Waals surface area contributed by atoms with Crippen molar-refractivity contribution in [2.45, 2.75) is 20.4 Å². The van der Waals surface area contributed by atoms with Crippen LogP contribution in [0.1, 0.15) is 25.0 Å². The molecule has 0 amide bonds. The molecule has 0 saturated heterocycles. The highest BCUT2D eigenvalue weighted by Crippen LogP contribution is 2.52. The molecule has 0 saturated carbocycles. The molecule has 0 aromatic heterocycles. The second kappa shape index (κ2) is 8.94. The molecule has 5 nitrogen and oxygen atoms in total. The van der Waals surface area contributed by atoms with Crippen LogP contribution in [0.5, 0.6) is 17.2 Å². The maximum atomic E-state index is 10.5. The van der Waals surface area contributed by atoms with Crippen molar-refractivity contribution in [3.05, 3.63) is 71.8 Å². The van der Waals surface area contributed by atoms with E-state index in [1.54, 1.807) is 14.2 Å². The Balaban J connectivity index is 1.92. The van der Waals surface area contributed by atoms with E-state index in [4.69, 9.17) is 19.9 Å². The topological polar surface area (TPSA) is 73.9 Å². The molecule has 3 N–H and O–H groups in total. The van der Waals surface area contributed by atoms with E-state index in [1.165, 1.54) is 0 Å². The van der Waals surface area contributed by atoms with Crippen molar-refractivity contribution in [2.24, 2.45) is 16.6 Å². The highest BCUT2D eigenvalue weighted by Gasteiger charge is 2.47. The van der Waals surface area contributed by atoms with E-state index in [9.17, 15) is 5.11 Å². The van der Waals surface area contributed by atoms with Crippen molar-refractivity contribution < 1.29 is 19.3 Å². The molecule has 0 aliphatic heterocycles. The minimum Gasteiger partial charge on any atom is -0.496 e. The molecule has 1 unspecified atom stereocenters. The third-order valence-electron chi connectivity index (χ3n) is 6.25. The summed E-state index contributed by atoms with van der Waals surface area (Å²) < 4.78 is 17.1. The van der Waals surface area contributed by atoms with Crippen LogP contribution in [0, 0.1) is 10.8 Å². The lowest BCUT2D eigenvalue weighted by molar-refractivity contribution is 0.0358. The molecule has 0 fully saturated rings. The van der Waals surface area contributed by atoms with E-state index in [-0.39, 0.29) is 12.0 Å². The van der Waals surface area contributed by atoms with Gasteiger partial charge in [0.1, 0.15) is 23.9 Å². The lowest BCUT2D eigenvalue weighted by atomic mass is 9.59. The molecule has 1 aliphatic rings. The zero-order chi connectivity index (χ0) is 21.8. The summed E-state index contributed by atoms with van der Waals surface area (Å²) in [5.41, 5.74) is 7.98. The number of hydrogen-bond donors (Lipinski definition) is 2. The molecule has 2 aromatic carbocycles. The Kier molecular flexibility index (Phi) is 6.54. The molecule has 0 bridgehead atoms. The van der Waals surface area contributed by atoms with Gasteiger partial charge in [0.15, 0.2) is 0 Å². The standard InChI is InChI=1S/C25H31NO4/c1-24(2)21(18-9-6-5-7-10-18)11-8-12-25(24,16-27)17-30-19-13-22(28-3)20(15-26)23(14-19)29-4/h5-14,27H,15-17,26H2,1-4H3. The van der Waals surface area contributed by atoms with Crippen molar-refractivity contribution in [1.29, 1.82) is 0 Å². The molecule has 0 radical (unpaired) electrons. The van der Waals surface area contributed by atoms with Gasteiger partial charge in [-0.3, -0.25) is 0 Å². The van der Waals surface area contributed by atoms with Crippen LogP contribution >= 0.6 is 0 Å². The van der Waals surface area contributed by atoms with Gasteiger partial charge in [-0.2, -0.15) is 0 Å². The van der Waals surface area contributed by atoms with Crippen molar-refractivity contribution in [3.63, 3.8) is 0 Å². The summed E-state index contributed by atoms with van der Waals surface area (Å²) in [6.45, 7) is 4.84. The van der Waals surface area contributed by atoms with Gasteiger partial charge in [0.25, 0.3) is 0 Å². The lowest BCUT2D eigenvalue weighted by Gasteiger charge is -2.47. The predicted octanol–water partition coefficient (Wildman–Crippen LogP) is 4.20. The molecule has 5 heteroatoms. The molecular formula is C25H31NO4. The molecule has 0 heterocycles. The average molecular weight is 410 g/mol. The normalized spacial score (nSPS) is 19.9. The first-order valence-corrected chi connectivity index (χ1v) is 10.1. The van der Waals surface area contributed by atoms with E-state index < -0.39 is 5.41 Å². The van der Waals surface area contributed by atoms with Gasteiger partial charge in [-0.15, -0.1) is 0 Å². The molecule has 3 rings (SSSR count). The quantitative estimate of drug-likeness (QED) is 0.684. The third-order valence-corrected chi connectivity index (χ3v) is 6.25. The number of rotatable bonds is 8.